The van der Waals surface area contributed by atoms with Crippen LogP contribution in [0.2, 0.25) is 10.0 Å². The second-order valence-electron chi connectivity index (χ2n) is 5.52. The molecule has 0 aliphatic carbocycles. The molecule has 2 aromatic rings. The Hall–Kier alpha value is -0.940. The summed E-state index contributed by atoms with van der Waals surface area (Å²) >= 11 is 15.8. The van der Waals surface area contributed by atoms with E-state index in [0.717, 1.165) is 40.9 Å². The van der Waals surface area contributed by atoms with Gasteiger partial charge in [-0.05, 0) is 49.7 Å². The maximum atomic E-state index is 6.21. The van der Waals surface area contributed by atoms with Crippen LogP contribution in [0.3, 0.4) is 0 Å². The molecule has 0 spiro atoms. The Morgan fingerprint density at radius 3 is 2.44 bits per heavy atom. The van der Waals surface area contributed by atoms with Gasteiger partial charge in [0, 0.05) is 26.6 Å². The summed E-state index contributed by atoms with van der Waals surface area (Å²) in [7, 11) is 0. The molecule has 0 unspecified atom stereocenters. The largest absolute Gasteiger partial charge is 0.490 e. The topological polar surface area (TPSA) is 30.5 Å². The molecule has 25 heavy (non-hydrogen) atoms. The van der Waals surface area contributed by atoms with Crippen LogP contribution in [-0.2, 0) is 13.2 Å². The van der Waals surface area contributed by atoms with Gasteiger partial charge in [-0.25, -0.2) is 0 Å². The van der Waals surface area contributed by atoms with Crippen molar-refractivity contribution in [3.8, 4) is 11.5 Å². The van der Waals surface area contributed by atoms with Crippen molar-refractivity contribution in [3.63, 3.8) is 0 Å². The Morgan fingerprint density at radius 1 is 1.00 bits per heavy atom. The molecule has 0 amide bonds. The van der Waals surface area contributed by atoms with Crippen molar-refractivity contribution < 1.29 is 9.47 Å². The predicted octanol–water partition coefficient (Wildman–Crippen LogP) is 6.23. The summed E-state index contributed by atoms with van der Waals surface area (Å²) in [6.07, 6.45) is 1.10. The molecule has 0 heterocycles. The first-order valence-corrected chi connectivity index (χ1v) is 9.82. The number of rotatable bonds is 9. The van der Waals surface area contributed by atoms with Gasteiger partial charge < -0.3 is 14.8 Å². The third kappa shape index (κ3) is 6.07. The molecular weight excluding hydrogens is 425 g/mol. The average Bonchev–Trinajstić information content (AvgIpc) is 2.57. The Morgan fingerprint density at radius 2 is 1.76 bits per heavy atom. The lowest BCUT2D eigenvalue weighted by Crippen LogP contribution is -2.14. The van der Waals surface area contributed by atoms with Gasteiger partial charge in [0.15, 0.2) is 11.5 Å². The summed E-state index contributed by atoms with van der Waals surface area (Å²) < 4.78 is 12.7. The van der Waals surface area contributed by atoms with Crippen LogP contribution in [0.5, 0.6) is 11.5 Å². The highest BCUT2D eigenvalue weighted by Gasteiger charge is 2.12. The molecular formula is C19H22BrCl2NO2. The fourth-order valence-corrected chi connectivity index (χ4v) is 3.21. The minimum Gasteiger partial charge on any atom is -0.490 e. The highest BCUT2D eigenvalue weighted by Crippen LogP contribution is 2.35. The van der Waals surface area contributed by atoms with E-state index in [0.29, 0.717) is 29.0 Å². The number of ether oxygens (including phenoxy) is 2. The molecule has 0 atom stereocenters. The van der Waals surface area contributed by atoms with Crippen molar-refractivity contribution >= 4 is 39.1 Å². The number of hydrogen-bond donors (Lipinski definition) is 1. The second kappa shape index (κ2) is 10.3. The van der Waals surface area contributed by atoms with Gasteiger partial charge >= 0.3 is 0 Å². The molecule has 136 valence electrons. The zero-order valence-electron chi connectivity index (χ0n) is 14.4. The van der Waals surface area contributed by atoms with Gasteiger partial charge in [0.1, 0.15) is 6.61 Å². The van der Waals surface area contributed by atoms with E-state index in [4.69, 9.17) is 32.7 Å². The molecule has 0 saturated heterocycles. The molecule has 0 bridgehead atoms. The third-order valence-electron chi connectivity index (χ3n) is 3.55. The molecule has 0 aliphatic rings. The summed E-state index contributed by atoms with van der Waals surface area (Å²) in [6.45, 7) is 6.77. The van der Waals surface area contributed by atoms with Crippen LogP contribution in [0.4, 0.5) is 0 Å². The van der Waals surface area contributed by atoms with Crippen LogP contribution in [-0.4, -0.2) is 13.2 Å². The highest BCUT2D eigenvalue weighted by atomic mass is 79.9. The maximum absolute atomic E-state index is 6.21. The van der Waals surface area contributed by atoms with Crippen LogP contribution in [0.25, 0.3) is 0 Å². The molecule has 1 N–H and O–H groups in total. The molecule has 3 nitrogen and oxygen atoms in total. The summed E-state index contributed by atoms with van der Waals surface area (Å²) in [5, 5.41) is 4.59. The Labute approximate surface area is 167 Å². The molecule has 2 aromatic carbocycles. The maximum Gasteiger partial charge on any atom is 0.162 e. The molecule has 0 saturated carbocycles. The van der Waals surface area contributed by atoms with Crippen molar-refractivity contribution in [2.75, 3.05) is 13.2 Å². The first kappa shape index (κ1) is 20.4. The lowest BCUT2D eigenvalue weighted by atomic mass is 10.2. The Bertz CT molecular complexity index is 710. The average molecular weight is 447 g/mol. The van der Waals surface area contributed by atoms with Crippen LogP contribution >= 0.6 is 39.1 Å². The zero-order chi connectivity index (χ0) is 18.2. The van der Waals surface area contributed by atoms with E-state index in [1.54, 1.807) is 12.1 Å². The Kier molecular flexibility index (Phi) is 8.37. The quantitative estimate of drug-likeness (QED) is 0.463. The van der Waals surface area contributed by atoms with E-state index < -0.39 is 0 Å². The lowest BCUT2D eigenvalue weighted by molar-refractivity contribution is 0.269. The van der Waals surface area contributed by atoms with Gasteiger partial charge in [-0.3, -0.25) is 0 Å². The SMILES string of the molecule is CCCNCc1cc(OCC)c(OCc2ccc(Cl)cc2Cl)cc1Br. The molecule has 6 heteroatoms. The normalized spacial score (nSPS) is 10.8. The van der Waals surface area contributed by atoms with Crippen molar-refractivity contribution in [1.29, 1.82) is 0 Å². The van der Waals surface area contributed by atoms with Gasteiger partial charge in [0.2, 0.25) is 0 Å². The van der Waals surface area contributed by atoms with Crippen LogP contribution in [0, 0.1) is 0 Å². The summed E-state index contributed by atoms with van der Waals surface area (Å²) in [6, 6.07) is 9.33. The predicted molar refractivity (Wildman–Crippen MR) is 108 cm³/mol. The monoisotopic (exact) mass is 445 g/mol. The third-order valence-corrected chi connectivity index (χ3v) is 4.88. The van der Waals surface area contributed by atoms with Gasteiger partial charge in [0.25, 0.3) is 0 Å². The van der Waals surface area contributed by atoms with Gasteiger partial charge in [-0.2, -0.15) is 0 Å². The number of benzene rings is 2. The van der Waals surface area contributed by atoms with Crippen molar-refractivity contribution in [2.24, 2.45) is 0 Å². The summed E-state index contributed by atoms with van der Waals surface area (Å²) in [5.74, 6) is 1.41. The minimum atomic E-state index is 0.343. The highest BCUT2D eigenvalue weighted by molar-refractivity contribution is 9.10. The number of halogens is 3. The molecule has 0 radical (unpaired) electrons. The molecule has 0 aromatic heterocycles. The van der Waals surface area contributed by atoms with Crippen LogP contribution in [0.15, 0.2) is 34.8 Å². The first-order chi connectivity index (χ1) is 12.0. The van der Waals surface area contributed by atoms with Crippen molar-refractivity contribution in [2.45, 2.75) is 33.4 Å². The van der Waals surface area contributed by atoms with E-state index in [-0.39, 0.29) is 0 Å². The Balaban J connectivity index is 2.16. The van der Waals surface area contributed by atoms with Crippen LogP contribution < -0.4 is 14.8 Å². The summed E-state index contributed by atoms with van der Waals surface area (Å²) in [5.41, 5.74) is 2.01. The fraction of sp³-hybridized carbons (Fsp3) is 0.368. The van der Waals surface area contributed by atoms with E-state index in [2.05, 4.69) is 28.2 Å². The van der Waals surface area contributed by atoms with Crippen molar-refractivity contribution in [1.82, 2.24) is 5.32 Å². The minimum absolute atomic E-state index is 0.343. The van der Waals surface area contributed by atoms with Gasteiger partial charge in [-0.1, -0.05) is 52.1 Å². The van der Waals surface area contributed by atoms with Gasteiger partial charge in [0.05, 0.1) is 6.61 Å². The van der Waals surface area contributed by atoms with E-state index in [1.165, 1.54) is 0 Å². The zero-order valence-corrected chi connectivity index (χ0v) is 17.5. The lowest BCUT2D eigenvalue weighted by Gasteiger charge is -2.16. The second-order valence-corrected chi connectivity index (χ2v) is 7.22. The van der Waals surface area contributed by atoms with Crippen LogP contribution in [0.1, 0.15) is 31.4 Å². The molecule has 0 fully saturated rings. The fourth-order valence-electron chi connectivity index (χ4n) is 2.29. The smallest absolute Gasteiger partial charge is 0.162 e. The molecule has 2 rings (SSSR count). The summed E-state index contributed by atoms with van der Waals surface area (Å²) in [4.78, 5) is 0. The van der Waals surface area contributed by atoms with Gasteiger partial charge in [-0.15, -0.1) is 0 Å². The van der Waals surface area contributed by atoms with E-state index in [1.807, 2.05) is 25.1 Å². The first-order valence-electron chi connectivity index (χ1n) is 8.27. The number of hydrogen-bond acceptors (Lipinski definition) is 3. The van der Waals surface area contributed by atoms with E-state index in [9.17, 15) is 0 Å². The van der Waals surface area contributed by atoms with Crippen molar-refractivity contribution in [3.05, 3.63) is 56.0 Å². The molecule has 0 aliphatic heterocycles. The standard InChI is InChI=1S/C19H22BrCl2NO2/c1-3-7-23-11-14-8-18(24-4-2)19(10-16(14)20)25-12-13-5-6-15(21)9-17(13)22/h5-6,8-10,23H,3-4,7,11-12H2,1-2H3. The number of nitrogens with one attached hydrogen (secondary N) is 1. The van der Waals surface area contributed by atoms with E-state index >= 15 is 0 Å².